The van der Waals surface area contributed by atoms with Gasteiger partial charge in [-0.25, -0.2) is 4.98 Å². The van der Waals surface area contributed by atoms with E-state index >= 15 is 0 Å². The van der Waals surface area contributed by atoms with Gasteiger partial charge in [0.15, 0.2) is 5.13 Å². The standard InChI is InChI=1S/C21H20N4O4S/c1-13(26)22-15-8-9-18(29-2)17(10-15)24-19(27)11-16-12-30-21(23-16)25-20(28)14-6-4-3-5-7-14/h3-10,12H,11H2,1-2H3,(H,22,26)(H,24,27)(H,23,25,28). The lowest BCUT2D eigenvalue weighted by molar-refractivity contribution is -0.116. The number of ether oxygens (including phenoxy) is 1. The van der Waals surface area contributed by atoms with Crippen LogP contribution < -0.4 is 20.7 Å². The summed E-state index contributed by atoms with van der Waals surface area (Å²) in [5.41, 5.74) is 2.02. The van der Waals surface area contributed by atoms with Crippen molar-refractivity contribution in [3.63, 3.8) is 0 Å². The van der Waals surface area contributed by atoms with Crippen LogP contribution in [-0.4, -0.2) is 29.8 Å². The molecule has 0 fully saturated rings. The summed E-state index contributed by atoms with van der Waals surface area (Å²) in [6.07, 6.45) is 0.0191. The molecular formula is C21H20N4O4S. The van der Waals surface area contributed by atoms with Crippen LogP contribution in [0.15, 0.2) is 53.9 Å². The lowest BCUT2D eigenvalue weighted by Crippen LogP contribution is -2.16. The van der Waals surface area contributed by atoms with E-state index in [0.717, 1.165) is 0 Å². The van der Waals surface area contributed by atoms with E-state index in [-0.39, 0.29) is 24.1 Å². The highest BCUT2D eigenvalue weighted by atomic mass is 32.1. The second-order valence-corrected chi connectivity index (χ2v) is 7.14. The Labute approximate surface area is 177 Å². The number of thiazole rings is 1. The first-order chi connectivity index (χ1) is 14.4. The van der Waals surface area contributed by atoms with Crippen molar-refractivity contribution < 1.29 is 19.1 Å². The van der Waals surface area contributed by atoms with Crippen LogP contribution in [-0.2, 0) is 16.0 Å². The van der Waals surface area contributed by atoms with Crippen molar-refractivity contribution in [2.45, 2.75) is 13.3 Å². The summed E-state index contributed by atoms with van der Waals surface area (Å²) in [5.74, 6) is -0.323. The number of carbonyl (C=O) groups excluding carboxylic acids is 3. The number of hydrogen-bond donors (Lipinski definition) is 3. The van der Waals surface area contributed by atoms with Crippen molar-refractivity contribution in [1.82, 2.24) is 4.98 Å². The maximum absolute atomic E-state index is 12.5. The largest absolute Gasteiger partial charge is 0.495 e. The third kappa shape index (κ3) is 5.65. The van der Waals surface area contributed by atoms with Gasteiger partial charge in [-0.05, 0) is 30.3 Å². The number of methoxy groups -OCH3 is 1. The maximum atomic E-state index is 12.5. The number of aromatic nitrogens is 1. The monoisotopic (exact) mass is 424 g/mol. The first kappa shape index (κ1) is 21.0. The van der Waals surface area contributed by atoms with Crippen LogP contribution >= 0.6 is 11.3 Å². The smallest absolute Gasteiger partial charge is 0.257 e. The number of amides is 3. The molecule has 8 nitrogen and oxygen atoms in total. The minimum atomic E-state index is -0.306. The van der Waals surface area contributed by atoms with Gasteiger partial charge < -0.3 is 15.4 Å². The fourth-order valence-electron chi connectivity index (χ4n) is 2.65. The molecule has 9 heteroatoms. The van der Waals surface area contributed by atoms with Crippen molar-refractivity contribution in [3.8, 4) is 5.75 Å². The van der Waals surface area contributed by atoms with Gasteiger partial charge in [-0.2, -0.15) is 0 Å². The van der Waals surface area contributed by atoms with Gasteiger partial charge in [0.1, 0.15) is 5.75 Å². The summed E-state index contributed by atoms with van der Waals surface area (Å²) in [5, 5.41) is 10.3. The normalized spacial score (nSPS) is 10.2. The SMILES string of the molecule is COc1ccc(NC(C)=O)cc1NC(=O)Cc1csc(NC(=O)c2ccccc2)n1. The molecule has 0 aliphatic rings. The lowest BCUT2D eigenvalue weighted by Gasteiger charge is -2.12. The first-order valence-corrected chi connectivity index (χ1v) is 9.89. The third-order valence-electron chi connectivity index (χ3n) is 3.94. The number of benzene rings is 2. The highest BCUT2D eigenvalue weighted by Gasteiger charge is 2.13. The molecule has 0 aliphatic carbocycles. The van der Waals surface area contributed by atoms with Crippen molar-refractivity contribution >= 4 is 45.6 Å². The number of carbonyl (C=O) groups is 3. The van der Waals surface area contributed by atoms with E-state index in [1.807, 2.05) is 6.07 Å². The molecule has 0 unspecified atom stereocenters. The molecule has 30 heavy (non-hydrogen) atoms. The Morgan fingerprint density at radius 3 is 2.50 bits per heavy atom. The van der Waals surface area contributed by atoms with Gasteiger partial charge in [0.05, 0.1) is 24.9 Å². The predicted molar refractivity (Wildman–Crippen MR) is 116 cm³/mol. The van der Waals surface area contributed by atoms with Crippen LogP contribution in [0.3, 0.4) is 0 Å². The molecule has 1 aromatic heterocycles. The number of nitrogens with one attached hydrogen (secondary N) is 3. The Morgan fingerprint density at radius 1 is 1.03 bits per heavy atom. The molecule has 2 aromatic carbocycles. The van der Waals surface area contributed by atoms with Gasteiger partial charge in [-0.15, -0.1) is 11.3 Å². The molecule has 0 spiro atoms. The zero-order valence-electron chi connectivity index (χ0n) is 16.4. The average molecular weight is 424 g/mol. The van der Waals surface area contributed by atoms with Gasteiger partial charge in [-0.1, -0.05) is 18.2 Å². The Bertz CT molecular complexity index is 1070. The van der Waals surface area contributed by atoms with Crippen LogP contribution in [0.5, 0.6) is 5.75 Å². The van der Waals surface area contributed by atoms with Crippen LogP contribution in [0, 0.1) is 0 Å². The molecule has 0 saturated heterocycles. The van der Waals surface area contributed by atoms with E-state index in [2.05, 4.69) is 20.9 Å². The Hall–Kier alpha value is -3.72. The van der Waals surface area contributed by atoms with E-state index in [4.69, 9.17) is 4.74 Å². The molecule has 0 aliphatic heterocycles. The van der Waals surface area contributed by atoms with Crippen LogP contribution in [0.1, 0.15) is 23.0 Å². The highest BCUT2D eigenvalue weighted by Crippen LogP contribution is 2.28. The Balaban J connectivity index is 1.63. The molecule has 3 rings (SSSR count). The van der Waals surface area contributed by atoms with Crippen molar-refractivity contribution in [3.05, 3.63) is 65.2 Å². The molecule has 3 N–H and O–H groups in total. The average Bonchev–Trinajstić information content (AvgIpc) is 3.15. The quantitative estimate of drug-likeness (QED) is 0.537. The van der Waals surface area contributed by atoms with E-state index in [0.29, 0.717) is 33.5 Å². The zero-order valence-corrected chi connectivity index (χ0v) is 17.2. The van der Waals surface area contributed by atoms with Gasteiger partial charge in [0.2, 0.25) is 11.8 Å². The van der Waals surface area contributed by atoms with Crippen LogP contribution in [0.2, 0.25) is 0 Å². The van der Waals surface area contributed by atoms with Gasteiger partial charge in [0, 0.05) is 23.6 Å². The van der Waals surface area contributed by atoms with E-state index in [9.17, 15) is 14.4 Å². The highest BCUT2D eigenvalue weighted by molar-refractivity contribution is 7.14. The van der Waals surface area contributed by atoms with E-state index in [1.165, 1.54) is 25.4 Å². The Morgan fingerprint density at radius 2 is 1.80 bits per heavy atom. The molecule has 3 amide bonds. The van der Waals surface area contributed by atoms with Crippen molar-refractivity contribution in [2.75, 3.05) is 23.1 Å². The third-order valence-corrected chi connectivity index (χ3v) is 4.75. The summed E-state index contributed by atoms with van der Waals surface area (Å²) in [6, 6.07) is 13.8. The van der Waals surface area contributed by atoms with Gasteiger partial charge in [-0.3, -0.25) is 19.7 Å². The van der Waals surface area contributed by atoms with Gasteiger partial charge >= 0.3 is 0 Å². The molecule has 0 atom stereocenters. The molecule has 154 valence electrons. The number of anilines is 3. The summed E-state index contributed by atoms with van der Waals surface area (Å²) in [4.78, 5) is 40.2. The van der Waals surface area contributed by atoms with E-state index in [1.54, 1.807) is 47.8 Å². The van der Waals surface area contributed by atoms with Crippen molar-refractivity contribution in [1.29, 1.82) is 0 Å². The first-order valence-electron chi connectivity index (χ1n) is 9.01. The van der Waals surface area contributed by atoms with Crippen molar-refractivity contribution in [2.24, 2.45) is 0 Å². The minimum Gasteiger partial charge on any atom is -0.495 e. The fraction of sp³-hybridized carbons (Fsp3) is 0.143. The topological polar surface area (TPSA) is 109 Å². The van der Waals surface area contributed by atoms with E-state index < -0.39 is 0 Å². The molecule has 0 radical (unpaired) electrons. The fourth-order valence-corrected chi connectivity index (χ4v) is 3.36. The number of rotatable bonds is 7. The number of nitrogens with zero attached hydrogens (tertiary/aromatic N) is 1. The summed E-state index contributed by atoms with van der Waals surface area (Å²) in [6.45, 7) is 1.40. The zero-order chi connectivity index (χ0) is 21.5. The Kier molecular flexibility index (Phi) is 6.76. The summed E-state index contributed by atoms with van der Waals surface area (Å²) < 4.78 is 5.26. The lowest BCUT2D eigenvalue weighted by atomic mass is 10.2. The molecule has 0 bridgehead atoms. The summed E-state index contributed by atoms with van der Waals surface area (Å²) in [7, 11) is 1.49. The second-order valence-electron chi connectivity index (χ2n) is 6.29. The predicted octanol–water partition coefficient (Wildman–Crippen LogP) is 3.54. The maximum Gasteiger partial charge on any atom is 0.257 e. The second kappa shape index (κ2) is 9.66. The number of hydrogen-bond acceptors (Lipinski definition) is 6. The van der Waals surface area contributed by atoms with Gasteiger partial charge in [0.25, 0.3) is 5.91 Å². The molecule has 0 saturated carbocycles. The molecule has 1 heterocycles. The van der Waals surface area contributed by atoms with Crippen LogP contribution in [0.25, 0.3) is 0 Å². The minimum absolute atomic E-state index is 0.0191. The summed E-state index contributed by atoms with van der Waals surface area (Å²) >= 11 is 1.24. The molecule has 3 aromatic rings. The van der Waals surface area contributed by atoms with Crippen LogP contribution in [0.4, 0.5) is 16.5 Å². The molecular weight excluding hydrogens is 404 g/mol.